The Bertz CT molecular complexity index is 758. The maximum atomic E-state index is 12.2. The van der Waals surface area contributed by atoms with Crippen molar-refractivity contribution in [2.24, 2.45) is 0 Å². The van der Waals surface area contributed by atoms with Crippen LogP contribution in [-0.4, -0.2) is 11.7 Å². The molecule has 2 aromatic rings. The summed E-state index contributed by atoms with van der Waals surface area (Å²) in [6, 6.07) is 16.0. The van der Waals surface area contributed by atoms with Crippen LogP contribution < -0.4 is 5.32 Å². The predicted octanol–water partition coefficient (Wildman–Crippen LogP) is 4.83. The van der Waals surface area contributed by atoms with Crippen LogP contribution in [0.25, 0.3) is 0 Å². The monoisotopic (exact) mass is 342 g/mol. The maximum Gasteiger partial charge on any atom is 0.408 e. The molecule has 0 aromatic heterocycles. The Labute approximate surface area is 147 Å². The van der Waals surface area contributed by atoms with E-state index < -0.39 is 17.7 Å². The van der Waals surface area contributed by atoms with Gasteiger partial charge in [0.15, 0.2) is 0 Å². The number of hydrogen-bond donors (Lipinski definition) is 1. The van der Waals surface area contributed by atoms with Crippen LogP contribution in [-0.2, 0) is 4.74 Å². The predicted molar refractivity (Wildman–Crippen MR) is 93.8 cm³/mol. The molecule has 0 aliphatic heterocycles. The fourth-order valence-electron chi connectivity index (χ4n) is 2.22. The van der Waals surface area contributed by atoms with Gasteiger partial charge in [-0.2, -0.15) is 5.26 Å². The van der Waals surface area contributed by atoms with Crippen LogP contribution in [0, 0.1) is 11.3 Å². The van der Waals surface area contributed by atoms with Gasteiger partial charge in [-0.1, -0.05) is 35.9 Å². The summed E-state index contributed by atoms with van der Waals surface area (Å²) in [7, 11) is 0. The summed E-state index contributed by atoms with van der Waals surface area (Å²) in [5.74, 6) is 0. The van der Waals surface area contributed by atoms with Gasteiger partial charge in [-0.3, -0.25) is 0 Å². The third-order valence-electron chi connectivity index (χ3n) is 3.22. The van der Waals surface area contributed by atoms with E-state index in [1.165, 1.54) is 0 Å². The molecule has 24 heavy (non-hydrogen) atoms. The Morgan fingerprint density at radius 3 is 2.38 bits per heavy atom. The van der Waals surface area contributed by atoms with Crippen molar-refractivity contribution in [2.75, 3.05) is 0 Å². The van der Waals surface area contributed by atoms with Crippen molar-refractivity contribution >= 4 is 17.7 Å². The van der Waals surface area contributed by atoms with E-state index in [-0.39, 0.29) is 0 Å². The molecule has 0 radical (unpaired) electrons. The molecule has 124 valence electrons. The lowest BCUT2D eigenvalue weighted by Crippen LogP contribution is -2.35. The quantitative estimate of drug-likeness (QED) is 0.869. The summed E-state index contributed by atoms with van der Waals surface area (Å²) >= 11 is 6.08. The molecule has 2 aromatic carbocycles. The number of alkyl carbamates (subject to hydrolysis) is 1. The number of ether oxygens (including phenoxy) is 1. The molecule has 0 saturated heterocycles. The van der Waals surface area contributed by atoms with Gasteiger partial charge in [-0.15, -0.1) is 0 Å². The summed E-state index contributed by atoms with van der Waals surface area (Å²) < 4.78 is 5.35. The minimum Gasteiger partial charge on any atom is -0.444 e. The highest BCUT2D eigenvalue weighted by Crippen LogP contribution is 2.25. The topological polar surface area (TPSA) is 62.1 Å². The molecule has 0 spiro atoms. The van der Waals surface area contributed by atoms with Crippen molar-refractivity contribution in [1.82, 2.24) is 5.32 Å². The van der Waals surface area contributed by atoms with E-state index in [4.69, 9.17) is 21.6 Å². The standard InChI is InChI=1S/C19H19ClN2O2/c1-19(2,3)24-18(23)22-17(15-5-4-6-16(20)11-15)14-9-7-13(12-21)8-10-14/h4-11,17H,1-3H3,(H,22,23). The molecule has 0 aliphatic carbocycles. The average Bonchev–Trinajstić information content (AvgIpc) is 2.51. The van der Waals surface area contributed by atoms with Gasteiger partial charge in [0.25, 0.3) is 0 Å². The summed E-state index contributed by atoms with van der Waals surface area (Å²) in [6.45, 7) is 5.42. The van der Waals surface area contributed by atoms with Crippen LogP contribution in [0.15, 0.2) is 48.5 Å². The molecule has 0 bridgehead atoms. The number of rotatable bonds is 3. The van der Waals surface area contributed by atoms with Gasteiger partial charge in [0, 0.05) is 5.02 Å². The summed E-state index contributed by atoms with van der Waals surface area (Å²) in [5, 5.41) is 12.4. The SMILES string of the molecule is CC(C)(C)OC(=O)NC(c1ccc(C#N)cc1)c1cccc(Cl)c1. The average molecular weight is 343 g/mol. The minimum absolute atomic E-state index is 0.425. The Hall–Kier alpha value is -2.51. The molecular formula is C19H19ClN2O2. The first-order valence-corrected chi connectivity index (χ1v) is 7.91. The number of nitriles is 1. The van der Waals surface area contributed by atoms with Gasteiger partial charge in [0.2, 0.25) is 0 Å². The molecule has 0 fully saturated rings. The first-order valence-electron chi connectivity index (χ1n) is 7.53. The lowest BCUT2D eigenvalue weighted by atomic mass is 9.98. The Morgan fingerprint density at radius 2 is 1.83 bits per heavy atom. The lowest BCUT2D eigenvalue weighted by molar-refractivity contribution is 0.0512. The summed E-state index contributed by atoms with van der Waals surface area (Å²) in [4.78, 5) is 12.2. The van der Waals surface area contributed by atoms with Gasteiger partial charge >= 0.3 is 6.09 Å². The Balaban J connectivity index is 2.34. The number of nitrogens with zero attached hydrogens (tertiary/aromatic N) is 1. The highest BCUT2D eigenvalue weighted by atomic mass is 35.5. The number of nitrogens with one attached hydrogen (secondary N) is 1. The van der Waals surface area contributed by atoms with Crippen molar-refractivity contribution in [3.8, 4) is 6.07 Å². The van der Waals surface area contributed by atoms with E-state index in [1.807, 2.05) is 45.0 Å². The minimum atomic E-state index is -0.590. The first-order chi connectivity index (χ1) is 11.3. The zero-order chi connectivity index (χ0) is 17.7. The second-order valence-electron chi connectivity index (χ2n) is 6.37. The molecule has 1 atom stereocenters. The molecule has 0 heterocycles. The maximum absolute atomic E-state index is 12.2. The van der Waals surface area contributed by atoms with Gasteiger partial charge in [0.1, 0.15) is 5.60 Å². The molecular weight excluding hydrogens is 324 g/mol. The van der Waals surface area contributed by atoms with Gasteiger partial charge in [0.05, 0.1) is 17.7 Å². The molecule has 2 rings (SSSR count). The van der Waals surface area contributed by atoms with Crippen molar-refractivity contribution in [2.45, 2.75) is 32.4 Å². The lowest BCUT2D eigenvalue weighted by Gasteiger charge is -2.24. The van der Waals surface area contributed by atoms with E-state index in [0.717, 1.165) is 11.1 Å². The van der Waals surface area contributed by atoms with E-state index in [1.54, 1.807) is 24.3 Å². The summed E-state index contributed by atoms with van der Waals surface area (Å²) in [5.41, 5.74) is 1.63. The highest BCUT2D eigenvalue weighted by molar-refractivity contribution is 6.30. The van der Waals surface area contributed by atoms with E-state index in [0.29, 0.717) is 10.6 Å². The second kappa shape index (κ2) is 7.37. The smallest absolute Gasteiger partial charge is 0.408 e. The number of carbonyl (C=O) groups is 1. The number of halogens is 1. The second-order valence-corrected chi connectivity index (χ2v) is 6.80. The van der Waals surface area contributed by atoms with Crippen molar-refractivity contribution in [1.29, 1.82) is 5.26 Å². The van der Waals surface area contributed by atoms with Crippen LogP contribution in [0.1, 0.15) is 43.5 Å². The molecule has 1 amide bonds. The fraction of sp³-hybridized carbons (Fsp3) is 0.263. The van der Waals surface area contributed by atoms with Crippen LogP contribution in [0.4, 0.5) is 4.79 Å². The zero-order valence-electron chi connectivity index (χ0n) is 13.8. The zero-order valence-corrected chi connectivity index (χ0v) is 14.6. The molecule has 0 aliphatic rings. The molecule has 0 saturated carbocycles. The van der Waals surface area contributed by atoms with Gasteiger partial charge in [-0.05, 0) is 56.2 Å². The van der Waals surface area contributed by atoms with Crippen molar-refractivity contribution in [3.63, 3.8) is 0 Å². The molecule has 5 heteroatoms. The number of benzene rings is 2. The van der Waals surface area contributed by atoms with Crippen molar-refractivity contribution < 1.29 is 9.53 Å². The van der Waals surface area contributed by atoms with Gasteiger partial charge in [-0.25, -0.2) is 4.79 Å². The third kappa shape index (κ3) is 5.00. The van der Waals surface area contributed by atoms with Crippen LogP contribution in [0.2, 0.25) is 5.02 Å². The van der Waals surface area contributed by atoms with Gasteiger partial charge < -0.3 is 10.1 Å². The number of carbonyl (C=O) groups excluding carboxylic acids is 1. The van der Waals surface area contributed by atoms with E-state index in [2.05, 4.69) is 11.4 Å². The van der Waals surface area contributed by atoms with Crippen molar-refractivity contribution in [3.05, 3.63) is 70.2 Å². The van der Waals surface area contributed by atoms with Crippen LogP contribution in [0.3, 0.4) is 0 Å². The largest absolute Gasteiger partial charge is 0.444 e. The normalized spacial score (nSPS) is 12.1. The number of hydrogen-bond acceptors (Lipinski definition) is 3. The number of amides is 1. The Morgan fingerprint density at radius 1 is 1.17 bits per heavy atom. The molecule has 1 N–H and O–H groups in total. The Kier molecular flexibility index (Phi) is 5.48. The highest BCUT2D eigenvalue weighted by Gasteiger charge is 2.22. The van der Waals surface area contributed by atoms with E-state index in [9.17, 15) is 4.79 Å². The van der Waals surface area contributed by atoms with Crippen LogP contribution in [0.5, 0.6) is 0 Å². The van der Waals surface area contributed by atoms with E-state index >= 15 is 0 Å². The third-order valence-corrected chi connectivity index (χ3v) is 3.45. The molecule has 1 unspecified atom stereocenters. The first kappa shape index (κ1) is 17.8. The van der Waals surface area contributed by atoms with Crippen LogP contribution >= 0.6 is 11.6 Å². The molecule has 4 nitrogen and oxygen atoms in total. The summed E-state index contributed by atoms with van der Waals surface area (Å²) in [6.07, 6.45) is -0.517. The fourth-order valence-corrected chi connectivity index (χ4v) is 2.42.